The van der Waals surface area contributed by atoms with Crippen molar-refractivity contribution in [1.82, 2.24) is 9.62 Å². The molecule has 1 fully saturated rings. The lowest BCUT2D eigenvalue weighted by Gasteiger charge is -2.32. The maximum absolute atomic E-state index is 13.3. The molecule has 3 rings (SSSR count). The van der Waals surface area contributed by atoms with E-state index in [1.54, 1.807) is 0 Å². The first-order valence-electron chi connectivity index (χ1n) is 8.47. The molecule has 2 aromatic rings. The van der Waals surface area contributed by atoms with Gasteiger partial charge in [-0.25, -0.2) is 8.42 Å². The van der Waals surface area contributed by atoms with Crippen LogP contribution in [-0.2, 0) is 14.8 Å². The van der Waals surface area contributed by atoms with Gasteiger partial charge in [-0.15, -0.1) is 0 Å². The molecule has 10 nitrogen and oxygen atoms in total. The van der Waals surface area contributed by atoms with Crippen LogP contribution >= 0.6 is 23.2 Å². The van der Waals surface area contributed by atoms with Crippen molar-refractivity contribution >= 4 is 44.9 Å². The average molecular weight is 476 g/mol. The molecular weight excluding hydrogens is 461 g/mol. The first kappa shape index (κ1) is 22.2. The summed E-state index contributed by atoms with van der Waals surface area (Å²) in [6.07, 6.45) is 0. The number of nitrogens with zero attached hydrogens (tertiary/aromatic N) is 2. The third kappa shape index (κ3) is 4.65. The summed E-state index contributed by atoms with van der Waals surface area (Å²) in [6, 6.07) is 5.87. The predicted octanol–water partition coefficient (Wildman–Crippen LogP) is 2.74. The summed E-state index contributed by atoms with van der Waals surface area (Å²) in [5.41, 5.74) is -0.493. The Morgan fingerprint density at radius 3 is 2.50 bits per heavy atom. The zero-order valence-corrected chi connectivity index (χ0v) is 17.4. The Balaban J connectivity index is 2.11. The Hall–Kier alpha value is -2.44. The number of benzene rings is 2. The van der Waals surface area contributed by atoms with E-state index in [0.29, 0.717) is 0 Å². The lowest BCUT2D eigenvalue weighted by molar-refractivity contribution is -0.385. The van der Waals surface area contributed by atoms with E-state index >= 15 is 0 Å². The van der Waals surface area contributed by atoms with Gasteiger partial charge in [0.05, 0.1) is 4.92 Å². The van der Waals surface area contributed by atoms with Gasteiger partial charge < -0.3 is 15.2 Å². The summed E-state index contributed by atoms with van der Waals surface area (Å²) < 4.78 is 33.0. The molecule has 0 aliphatic carbocycles. The third-order valence-corrected chi connectivity index (χ3v) is 6.63. The number of ether oxygens (including phenoxy) is 1. The van der Waals surface area contributed by atoms with E-state index in [4.69, 9.17) is 27.9 Å². The van der Waals surface area contributed by atoms with E-state index in [9.17, 15) is 28.4 Å². The molecule has 2 N–H and O–H groups in total. The van der Waals surface area contributed by atoms with Crippen molar-refractivity contribution in [2.24, 2.45) is 0 Å². The number of sulfonamides is 1. The fraction of sp³-hybridized carbons (Fsp3) is 0.235. The fourth-order valence-corrected chi connectivity index (χ4v) is 5.14. The van der Waals surface area contributed by atoms with Gasteiger partial charge in [0.15, 0.2) is 0 Å². The minimum absolute atomic E-state index is 0.105. The number of hydrogen-bond donors (Lipinski definition) is 2. The van der Waals surface area contributed by atoms with Gasteiger partial charge in [0.2, 0.25) is 10.0 Å². The van der Waals surface area contributed by atoms with E-state index in [2.05, 4.69) is 5.32 Å². The van der Waals surface area contributed by atoms with E-state index in [0.717, 1.165) is 22.5 Å². The topological polar surface area (TPSA) is 139 Å². The van der Waals surface area contributed by atoms with Crippen LogP contribution in [0.5, 0.6) is 11.5 Å². The number of nitrogens with one attached hydrogen (secondary N) is 1. The van der Waals surface area contributed by atoms with Crippen LogP contribution in [-0.4, -0.2) is 54.4 Å². The molecule has 0 saturated carbocycles. The van der Waals surface area contributed by atoms with Crippen molar-refractivity contribution < 1.29 is 28.0 Å². The smallest absolute Gasteiger partial charge is 0.323 e. The summed E-state index contributed by atoms with van der Waals surface area (Å²) in [5.74, 6) is -1.48. The van der Waals surface area contributed by atoms with Crippen LogP contribution < -0.4 is 10.1 Å². The fourth-order valence-electron chi connectivity index (χ4n) is 2.92. The number of carbonyl (C=O) groups is 1. The summed E-state index contributed by atoms with van der Waals surface area (Å²) >= 11 is 11.9. The molecule has 1 saturated heterocycles. The van der Waals surface area contributed by atoms with Gasteiger partial charge in [-0.3, -0.25) is 14.9 Å². The molecule has 2 aromatic carbocycles. The zero-order valence-electron chi connectivity index (χ0n) is 15.1. The van der Waals surface area contributed by atoms with Crippen molar-refractivity contribution in [3.8, 4) is 11.5 Å². The van der Waals surface area contributed by atoms with Crippen molar-refractivity contribution in [3.05, 3.63) is 56.6 Å². The average Bonchev–Trinajstić information content (AvgIpc) is 2.67. The summed E-state index contributed by atoms with van der Waals surface area (Å²) in [7, 11) is -4.47. The Morgan fingerprint density at radius 1 is 1.23 bits per heavy atom. The highest BCUT2D eigenvalue weighted by Gasteiger charge is 2.39. The number of aliphatic carboxylic acids is 1. The Bertz CT molecular complexity index is 1090. The van der Waals surface area contributed by atoms with Gasteiger partial charge in [0, 0.05) is 41.8 Å². The highest BCUT2D eigenvalue weighted by atomic mass is 35.5. The molecule has 0 bridgehead atoms. The Labute approximate surface area is 181 Å². The quantitative estimate of drug-likeness (QED) is 0.479. The molecule has 0 radical (unpaired) electrons. The van der Waals surface area contributed by atoms with Gasteiger partial charge in [-0.05, 0) is 24.3 Å². The van der Waals surface area contributed by atoms with Gasteiger partial charge >= 0.3 is 5.97 Å². The highest BCUT2D eigenvalue weighted by molar-refractivity contribution is 7.89. The number of nitro groups is 1. The normalized spacial score (nSPS) is 17.5. The van der Waals surface area contributed by atoms with Crippen LogP contribution in [0.2, 0.25) is 10.0 Å². The van der Waals surface area contributed by atoms with Gasteiger partial charge in [0.1, 0.15) is 22.4 Å². The standard InChI is InChI=1S/C17H15Cl2N3O7S/c18-10-5-11(19)7-13(6-10)29-15-2-1-12(22(25)26)8-16(15)30(27,28)21-4-3-20-9-14(21)17(23)24/h1-2,5-8,14,20H,3-4,9H2,(H,23,24). The second-order valence-electron chi connectivity index (χ2n) is 6.27. The minimum Gasteiger partial charge on any atom is -0.480 e. The number of halogens is 2. The van der Waals surface area contributed by atoms with Crippen LogP contribution in [0.4, 0.5) is 5.69 Å². The minimum atomic E-state index is -4.47. The monoisotopic (exact) mass is 475 g/mol. The molecule has 160 valence electrons. The zero-order chi connectivity index (χ0) is 22.1. The first-order valence-corrected chi connectivity index (χ1v) is 10.7. The van der Waals surface area contributed by atoms with Crippen LogP contribution in [0.3, 0.4) is 0 Å². The third-order valence-electron chi connectivity index (χ3n) is 4.27. The van der Waals surface area contributed by atoms with E-state index < -0.39 is 37.5 Å². The molecule has 1 unspecified atom stereocenters. The second-order valence-corrected chi connectivity index (χ2v) is 9.00. The van der Waals surface area contributed by atoms with E-state index in [-0.39, 0.29) is 41.2 Å². The van der Waals surface area contributed by atoms with Crippen LogP contribution in [0, 0.1) is 10.1 Å². The lowest BCUT2D eigenvalue weighted by atomic mass is 10.2. The molecular formula is C17H15Cl2N3O7S. The molecule has 0 amide bonds. The van der Waals surface area contributed by atoms with Crippen molar-refractivity contribution in [2.45, 2.75) is 10.9 Å². The maximum Gasteiger partial charge on any atom is 0.323 e. The molecule has 0 spiro atoms. The van der Waals surface area contributed by atoms with Gasteiger partial charge in [-0.1, -0.05) is 23.2 Å². The number of hydrogen-bond acceptors (Lipinski definition) is 7. The van der Waals surface area contributed by atoms with Gasteiger partial charge in [-0.2, -0.15) is 4.31 Å². The molecule has 1 heterocycles. The van der Waals surface area contributed by atoms with E-state index in [1.807, 2.05) is 0 Å². The largest absolute Gasteiger partial charge is 0.480 e. The first-order chi connectivity index (χ1) is 14.1. The molecule has 13 heteroatoms. The van der Waals surface area contributed by atoms with Crippen molar-refractivity contribution in [1.29, 1.82) is 0 Å². The molecule has 30 heavy (non-hydrogen) atoms. The van der Waals surface area contributed by atoms with E-state index in [1.165, 1.54) is 18.2 Å². The van der Waals surface area contributed by atoms with Crippen LogP contribution in [0.1, 0.15) is 0 Å². The highest BCUT2D eigenvalue weighted by Crippen LogP contribution is 2.36. The number of carboxylic acids is 1. The second kappa shape index (κ2) is 8.74. The molecule has 0 aromatic heterocycles. The van der Waals surface area contributed by atoms with Crippen molar-refractivity contribution in [2.75, 3.05) is 19.6 Å². The number of carboxylic acid groups (broad SMARTS) is 1. The summed E-state index contributed by atoms with van der Waals surface area (Å²) in [5, 5.41) is 23.9. The van der Waals surface area contributed by atoms with Crippen molar-refractivity contribution in [3.63, 3.8) is 0 Å². The lowest BCUT2D eigenvalue weighted by Crippen LogP contribution is -2.56. The molecule has 1 atom stereocenters. The van der Waals surface area contributed by atoms with Gasteiger partial charge in [0.25, 0.3) is 5.69 Å². The number of non-ortho nitro benzene ring substituents is 1. The van der Waals surface area contributed by atoms with Crippen LogP contribution in [0.25, 0.3) is 0 Å². The maximum atomic E-state index is 13.3. The summed E-state index contributed by atoms with van der Waals surface area (Å²) in [6.45, 7) is -0.0218. The number of rotatable bonds is 6. The number of piperazine rings is 1. The van der Waals surface area contributed by atoms with Crippen LogP contribution in [0.15, 0.2) is 41.3 Å². The molecule has 1 aliphatic heterocycles. The number of nitro benzene ring substituents is 1. The molecule has 1 aliphatic rings. The SMILES string of the molecule is O=C(O)C1CNCCN1S(=O)(=O)c1cc([N+](=O)[O-])ccc1Oc1cc(Cl)cc(Cl)c1. The Kier molecular flexibility index (Phi) is 6.48. The Morgan fingerprint density at radius 2 is 1.90 bits per heavy atom. The summed E-state index contributed by atoms with van der Waals surface area (Å²) in [4.78, 5) is 21.5. The predicted molar refractivity (Wildman–Crippen MR) is 108 cm³/mol.